The van der Waals surface area contributed by atoms with Crippen molar-refractivity contribution >= 4 is 17.9 Å². The topological polar surface area (TPSA) is 96.5 Å². The number of nitrogens with one attached hydrogen (secondary N) is 3. The van der Waals surface area contributed by atoms with Crippen molar-refractivity contribution < 1.29 is 19.1 Å². The van der Waals surface area contributed by atoms with E-state index in [-0.39, 0.29) is 23.8 Å². The van der Waals surface area contributed by atoms with Gasteiger partial charge in [0, 0.05) is 18.2 Å². The van der Waals surface area contributed by atoms with Gasteiger partial charge in [-0.15, -0.1) is 0 Å². The van der Waals surface area contributed by atoms with Gasteiger partial charge in [0.1, 0.15) is 11.6 Å². The molecule has 0 spiro atoms. The highest BCUT2D eigenvalue weighted by molar-refractivity contribution is 5.94. The van der Waals surface area contributed by atoms with Crippen LogP contribution in [0.4, 0.5) is 4.79 Å². The predicted molar refractivity (Wildman–Crippen MR) is 118 cm³/mol. The van der Waals surface area contributed by atoms with Crippen LogP contribution < -0.4 is 16.0 Å². The zero-order valence-corrected chi connectivity index (χ0v) is 19.3. The molecular weight excluding hydrogens is 382 g/mol. The molecule has 0 unspecified atom stereocenters. The largest absolute Gasteiger partial charge is 0.444 e. The third kappa shape index (κ3) is 9.29. The molecule has 0 heterocycles. The van der Waals surface area contributed by atoms with E-state index in [1.165, 1.54) is 0 Å². The lowest BCUT2D eigenvalue weighted by Crippen LogP contribution is -2.54. The summed E-state index contributed by atoms with van der Waals surface area (Å²) in [6, 6.07) is 6.35. The maximum Gasteiger partial charge on any atom is 0.408 e. The van der Waals surface area contributed by atoms with Gasteiger partial charge in [-0.2, -0.15) is 0 Å². The number of aryl methyl sites for hydroxylation is 1. The standard InChI is InChI=1S/C23H37N3O4/c1-8-9-18(26-22(29)30-23(5,6)7)21(28)25-19(15(2)3)14-24-20(27)17-12-10-16(4)11-13-17/h10-13,15,18-19H,8-9,14H2,1-7H3,(H,24,27)(H,25,28)(H,26,29)/t18-,19+/m0/s1. The molecule has 0 aliphatic carbocycles. The summed E-state index contributed by atoms with van der Waals surface area (Å²) in [6.07, 6.45) is 0.598. The van der Waals surface area contributed by atoms with E-state index < -0.39 is 17.7 Å². The highest BCUT2D eigenvalue weighted by Crippen LogP contribution is 2.09. The number of rotatable bonds is 9. The summed E-state index contributed by atoms with van der Waals surface area (Å²) in [5.41, 5.74) is 1.01. The molecule has 0 aromatic heterocycles. The maximum atomic E-state index is 12.8. The fourth-order valence-electron chi connectivity index (χ4n) is 2.75. The van der Waals surface area contributed by atoms with E-state index in [0.29, 0.717) is 18.5 Å². The van der Waals surface area contributed by atoms with Crippen LogP contribution in [0.1, 0.15) is 70.3 Å². The molecule has 3 amide bonds. The molecule has 0 saturated heterocycles. The van der Waals surface area contributed by atoms with Crippen LogP contribution in [0.25, 0.3) is 0 Å². The second-order valence-corrected chi connectivity index (χ2v) is 8.92. The van der Waals surface area contributed by atoms with Crippen molar-refractivity contribution in [1.29, 1.82) is 0 Å². The third-order valence-electron chi connectivity index (χ3n) is 4.51. The first-order valence-electron chi connectivity index (χ1n) is 10.6. The molecule has 0 aliphatic heterocycles. The highest BCUT2D eigenvalue weighted by atomic mass is 16.6. The van der Waals surface area contributed by atoms with E-state index in [1.807, 2.05) is 39.8 Å². The molecule has 0 fully saturated rings. The zero-order valence-electron chi connectivity index (χ0n) is 19.3. The molecule has 7 nitrogen and oxygen atoms in total. The van der Waals surface area contributed by atoms with Crippen LogP contribution in [-0.4, -0.2) is 42.1 Å². The lowest BCUT2D eigenvalue weighted by Gasteiger charge is -2.27. The van der Waals surface area contributed by atoms with Crippen LogP contribution in [0.15, 0.2) is 24.3 Å². The van der Waals surface area contributed by atoms with Crippen LogP contribution in [0.2, 0.25) is 0 Å². The molecule has 0 saturated carbocycles. The van der Waals surface area contributed by atoms with E-state index >= 15 is 0 Å². The van der Waals surface area contributed by atoms with Crippen LogP contribution in [-0.2, 0) is 9.53 Å². The van der Waals surface area contributed by atoms with Gasteiger partial charge in [-0.05, 0) is 52.2 Å². The van der Waals surface area contributed by atoms with Crippen LogP contribution in [0, 0.1) is 12.8 Å². The minimum atomic E-state index is -0.695. The minimum Gasteiger partial charge on any atom is -0.444 e. The van der Waals surface area contributed by atoms with Crippen LogP contribution >= 0.6 is 0 Å². The first kappa shape index (κ1) is 25.5. The highest BCUT2D eigenvalue weighted by Gasteiger charge is 2.26. The number of hydrogen-bond donors (Lipinski definition) is 3. The number of carbonyl (C=O) groups excluding carboxylic acids is 3. The smallest absolute Gasteiger partial charge is 0.408 e. The Kier molecular flexibility index (Phi) is 9.82. The molecule has 168 valence electrons. The Hall–Kier alpha value is -2.57. The Morgan fingerprint density at radius 3 is 2.13 bits per heavy atom. The lowest BCUT2D eigenvalue weighted by molar-refractivity contribution is -0.124. The number of ether oxygens (including phenoxy) is 1. The van der Waals surface area contributed by atoms with Crippen molar-refractivity contribution in [3.63, 3.8) is 0 Å². The number of alkyl carbamates (subject to hydrolysis) is 1. The molecule has 1 aromatic rings. The Labute approximate surface area is 180 Å². The molecule has 30 heavy (non-hydrogen) atoms. The van der Waals surface area contributed by atoms with E-state index in [0.717, 1.165) is 12.0 Å². The summed E-state index contributed by atoms with van der Waals surface area (Å²) in [7, 11) is 0. The molecule has 1 aromatic carbocycles. The average Bonchev–Trinajstić information content (AvgIpc) is 2.63. The SMILES string of the molecule is CCC[C@H](NC(=O)OC(C)(C)C)C(=O)N[C@H](CNC(=O)c1ccc(C)cc1)C(C)C. The van der Waals surface area contributed by atoms with E-state index in [9.17, 15) is 14.4 Å². The lowest BCUT2D eigenvalue weighted by atomic mass is 10.0. The van der Waals surface area contributed by atoms with Gasteiger partial charge < -0.3 is 20.7 Å². The van der Waals surface area contributed by atoms with E-state index in [4.69, 9.17) is 4.74 Å². The maximum absolute atomic E-state index is 12.8. The van der Waals surface area contributed by atoms with E-state index in [2.05, 4.69) is 16.0 Å². The predicted octanol–water partition coefficient (Wildman–Crippen LogP) is 3.56. The summed E-state index contributed by atoms with van der Waals surface area (Å²) in [4.78, 5) is 37.3. The van der Waals surface area contributed by atoms with Crippen molar-refractivity contribution in [2.75, 3.05) is 6.54 Å². The van der Waals surface area contributed by atoms with Crippen molar-refractivity contribution in [3.8, 4) is 0 Å². The second-order valence-electron chi connectivity index (χ2n) is 8.92. The van der Waals surface area contributed by atoms with Crippen LogP contribution in [0.5, 0.6) is 0 Å². The Bertz CT molecular complexity index is 708. The molecule has 1 rings (SSSR count). The molecule has 7 heteroatoms. The van der Waals surface area contributed by atoms with Gasteiger partial charge in [-0.25, -0.2) is 4.79 Å². The molecular formula is C23H37N3O4. The van der Waals surface area contributed by atoms with Crippen molar-refractivity contribution in [2.45, 2.75) is 79.0 Å². The summed E-state index contributed by atoms with van der Waals surface area (Å²) in [6.45, 7) is 13.5. The number of carbonyl (C=O) groups is 3. The van der Waals surface area contributed by atoms with Crippen molar-refractivity contribution in [2.24, 2.45) is 5.92 Å². The van der Waals surface area contributed by atoms with Crippen molar-refractivity contribution in [3.05, 3.63) is 35.4 Å². The van der Waals surface area contributed by atoms with Gasteiger partial charge in [0.2, 0.25) is 5.91 Å². The molecule has 0 radical (unpaired) electrons. The Balaban J connectivity index is 2.71. The minimum absolute atomic E-state index is 0.0936. The molecule has 2 atom stereocenters. The normalized spacial score (nSPS) is 13.3. The van der Waals surface area contributed by atoms with Gasteiger partial charge in [-0.1, -0.05) is 44.9 Å². The molecule has 0 bridgehead atoms. The van der Waals surface area contributed by atoms with Gasteiger partial charge in [0.15, 0.2) is 0 Å². The summed E-state index contributed by atoms with van der Waals surface area (Å²) >= 11 is 0. The Morgan fingerprint density at radius 1 is 1.03 bits per heavy atom. The zero-order chi connectivity index (χ0) is 22.9. The van der Waals surface area contributed by atoms with Gasteiger partial charge >= 0.3 is 6.09 Å². The van der Waals surface area contributed by atoms with Crippen LogP contribution in [0.3, 0.4) is 0 Å². The molecule has 0 aliphatic rings. The summed E-state index contributed by atoms with van der Waals surface area (Å²) in [5, 5.41) is 8.50. The fourth-order valence-corrected chi connectivity index (χ4v) is 2.75. The van der Waals surface area contributed by atoms with E-state index in [1.54, 1.807) is 32.9 Å². The number of hydrogen-bond acceptors (Lipinski definition) is 4. The number of benzene rings is 1. The first-order chi connectivity index (χ1) is 13.9. The Morgan fingerprint density at radius 2 is 1.63 bits per heavy atom. The van der Waals surface area contributed by atoms with Gasteiger partial charge in [0.05, 0.1) is 0 Å². The molecule has 3 N–H and O–H groups in total. The summed E-state index contributed by atoms with van der Waals surface area (Å²) < 4.78 is 5.27. The third-order valence-corrected chi connectivity index (χ3v) is 4.51. The number of amides is 3. The second kappa shape index (κ2) is 11.6. The van der Waals surface area contributed by atoms with Crippen molar-refractivity contribution in [1.82, 2.24) is 16.0 Å². The van der Waals surface area contributed by atoms with Gasteiger partial charge in [-0.3, -0.25) is 9.59 Å². The quantitative estimate of drug-likeness (QED) is 0.570. The van der Waals surface area contributed by atoms with Gasteiger partial charge in [0.25, 0.3) is 5.91 Å². The average molecular weight is 420 g/mol. The first-order valence-corrected chi connectivity index (χ1v) is 10.6. The monoisotopic (exact) mass is 419 g/mol. The summed E-state index contributed by atoms with van der Waals surface area (Å²) in [5.74, 6) is -0.381. The fraction of sp³-hybridized carbons (Fsp3) is 0.609.